The number of rotatable bonds is 4. The van der Waals surface area contributed by atoms with Crippen molar-refractivity contribution in [2.45, 2.75) is 38.5 Å². The third-order valence-electron chi connectivity index (χ3n) is 4.46. The molecule has 1 unspecified atom stereocenters. The van der Waals surface area contributed by atoms with Gasteiger partial charge >= 0.3 is 0 Å². The Balaban J connectivity index is 1.56. The largest absolute Gasteiger partial charge is 0.339 e. The Morgan fingerprint density at radius 2 is 2.16 bits per heavy atom. The number of nitrogens with one attached hydrogen (secondary N) is 1. The average molecular weight is 264 g/mol. The van der Waals surface area contributed by atoms with Crippen LogP contribution in [0, 0.1) is 5.92 Å². The second kappa shape index (κ2) is 6.01. The lowest BCUT2D eigenvalue weighted by Crippen LogP contribution is -2.26. The molecule has 5 nitrogen and oxygen atoms in total. The molecule has 0 radical (unpaired) electrons. The van der Waals surface area contributed by atoms with Gasteiger partial charge in [0, 0.05) is 18.9 Å². The maximum Gasteiger partial charge on any atom is 0.229 e. The Labute approximate surface area is 114 Å². The molecule has 1 aromatic rings. The Morgan fingerprint density at radius 3 is 2.89 bits per heavy atom. The van der Waals surface area contributed by atoms with Crippen LogP contribution in [0.5, 0.6) is 0 Å². The Morgan fingerprint density at radius 1 is 1.32 bits per heavy atom. The topological polar surface area (TPSA) is 54.2 Å². The Bertz CT molecular complexity index is 400. The summed E-state index contributed by atoms with van der Waals surface area (Å²) in [6.45, 7) is 7.93. The van der Waals surface area contributed by atoms with Gasteiger partial charge in [0.05, 0.1) is 0 Å². The lowest BCUT2D eigenvalue weighted by molar-refractivity contribution is 0.315. The van der Waals surface area contributed by atoms with Crippen molar-refractivity contribution < 1.29 is 4.52 Å². The third-order valence-corrected chi connectivity index (χ3v) is 4.46. The molecule has 1 aromatic heterocycles. The van der Waals surface area contributed by atoms with Gasteiger partial charge in [0.15, 0.2) is 5.82 Å². The van der Waals surface area contributed by atoms with Crippen LogP contribution < -0.4 is 5.32 Å². The van der Waals surface area contributed by atoms with Crippen LogP contribution in [-0.4, -0.2) is 47.8 Å². The van der Waals surface area contributed by atoms with Gasteiger partial charge in [0.2, 0.25) is 5.89 Å². The third kappa shape index (κ3) is 3.15. The molecule has 2 fully saturated rings. The quantitative estimate of drug-likeness (QED) is 0.891. The molecule has 3 rings (SSSR count). The van der Waals surface area contributed by atoms with E-state index >= 15 is 0 Å². The van der Waals surface area contributed by atoms with E-state index in [1.165, 1.54) is 19.5 Å². The summed E-state index contributed by atoms with van der Waals surface area (Å²) in [6.07, 6.45) is 4.49. The minimum Gasteiger partial charge on any atom is -0.339 e. The molecule has 5 heteroatoms. The van der Waals surface area contributed by atoms with Crippen molar-refractivity contribution in [2.24, 2.45) is 5.92 Å². The van der Waals surface area contributed by atoms with Crippen molar-refractivity contribution in [3.05, 3.63) is 11.7 Å². The number of hydrogen-bond acceptors (Lipinski definition) is 5. The van der Waals surface area contributed by atoms with E-state index < -0.39 is 0 Å². The molecule has 1 N–H and O–H groups in total. The number of piperidine rings is 1. The molecular formula is C14H24N4O. The monoisotopic (exact) mass is 264 g/mol. The molecule has 3 heterocycles. The summed E-state index contributed by atoms with van der Waals surface area (Å²) in [6, 6.07) is 0. The number of likely N-dealkylation sites (tertiary alicyclic amines) is 1. The van der Waals surface area contributed by atoms with E-state index in [0.29, 0.717) is 11.8 Å². The maximum absolute atomic E-state index is 5.47. The van der Waals surface area contributed by atoms with E-state index in [2.05, 4.69) is 27.3 Å². The van der Waals surface area contributed by atoms with Gasteiger partial charge in [-0.2, -0.15) is 4.98 Å². The first kappa shape index (κ1) is 13.1. The van der Waals surface area contributed by atoms with Gasteiger partial charge in [0.25, 0.3) is 0 Å². The number of nitrogens with zero attached hydrogens (tertiary/aromatic N) is 3. The molecule has 19 heavy (non-hydrogen) atoms. The first-order chi connectivity index (χ1) is 9.35. The molecule has 0 aromatic carbocycles. The van der Waals surface area contributed by atoms with Crippen LogP contribution in [0.2, 0.25) is 0 Å². The zero-order chi connectivity index (χ0) is 13.1. The Kier molecular flexibility index (Phi) is 4.13. The van der Waals surface area contributed by atoms with Crippen LogP contribution in [0.1, 0.15) is 43.8 Å². The Hall–Kier alpha value is -0.940. The molecule has 0 bridgehead atoms. The highest BCUT2D eigenvalue weighted by Gasteiger charge is 2.25. The summed E-state index contributed by atoms with van der Waals surface area (Å²) < 4.78 is 5.47. The second-order valence-corrected chi connectivity index (χ2v) is 5.83. The lowest BCUT2D eigenvalue weighted by Gasteiger charge is -2.18. The average Bonchev–Trinajstić information content (AvgIpc) is 3.09. The van der Waals surface area contributed by atoms with E-state index in [0.717, 1.165) is 50.6 Å². The summed E-state index contributed by atoms with van der Waals surface area (Å²) in [5, 5.41) is 7.55. The summed E-state index contributed by atoms with van der Waals surface area (Å²) in [4.78, 5) is 7.12. The van der Waals surface area contributed by atoms with E-state index in [1.807, 2.05) is 0 Å². The van der Waals surface area contributed by atoms with Gasteiger partial charge in [-0.15, -0.1) is 0 Å². The van der Waals surface area contributed by atoms with Crippen molar-refractivity contribution in [2.75, 3.05) is 32.7 Å². The predicted molar refractivity (Wildman–Crippen MR) is 73.1 cm³/mol. The van der Waals surface area contributed by atoms with Gasteiger partial charge in [-0.25, -0.2) is 0 Å². The summed E-state index contributed by atoms with van der Waals surface area (Å²) in [7, 11) is 0. The SMILES string of the molecule is CCN1CCC(Cc2noc(C3CCNCC3)n2)C1. The van der Waals surface area contributed by atoms with Crippen molar-refractivity contribution in [3.8, 4) is 0 Å². The van der Waals surface area contributed by atoms with Gasteiger partial charge in [-0.05, 0) is 51.4 Å². The van der Waals surface area contributed by atoms with Crippen LogP contribution in [0.25, 0.3) is 0 Å². The second-order valence-electron chi connectivity index (χ2n) is 5.83. The van der Waals surface area contributed by atoms with Crippen LogP contribution in [0.4, 0.5) is 0 Å². The summed E-state index contributed by atoms with van der Waals surface area (Å²) in [5.41, 5.74) is 0. The minimum absolute atomic E-state index is 0.471. The highest BCUT2D eigenvalue weighted by molar-refractivity contribution is 4.97. The van der Waals surface area contributed by atoms with E-state index in [9.17, 15) is 0 Å². The van der Waals surface area contributed by atoms with Gasteiger partial charge < -0.3 is 14.7 Å². The normalized spacial score (nSPS) is 26.1. The maximum atomic E-state index is 5.47. The zero-order valence-electron chi connectivity index (χ0n) is 11.8. The molecule has 0 saturated carbocycles. The highest BCUT2D eigenvalue weighted by Crippen LogP contribution is 2.25. The predicted octanol–water partition coefficient (Wildman–Crippen LogP) is 1.42. The first-order valence-corrected chi connectivity index (χ1v) is 7.60. The van der Waals surface area contributed by atoms with Crippen molar-refractivity contribution >= 4 is 0 Å². The van der Waals surface area contributed by atoms with Crippen LogP contribution in [-0.2, 0) is 6.42 Å². The molecule has 0 amide bonds. The number of aromatic nitrogens is 2. The summed E-state index contributed by atoms with van der Waals surface area (Å²) in [5.74, 6) is 2.95. The van der Waals surface area contributed by atoms with Crippen molar-refractivity contribution in [1.82, 2.24) is 20.4 Å². The lowest BCUT2D eigenvalue weighted by atomic mass is 9.98. The number of hydrogen-bond donors (Lipinski definition) is 1. The van der Waals surface area contributed by atoms with Crippen LogP contribution in [0.15, 0.2) is 4.52 Å². The summed E-state index contributed by atoms with van der Waals surface area (Å²) >= 11 is 0. The fraction of sp³-hybridized carbons (Fsp3) is 0.857. The molecule has 2 aliphatic heterocycles. The fourth-order valence-corrected chi connectivity index (χ4v) is 3.21. The van der Waals surface area contributed by atoms with E-state index in [-0.39, 0.29) is 0 Å². The van der Waals surface area contributed by atoms with E-state index in [4.69, 9.17) is 4.52 Å². The molecule has 0 spiro atoms. The zero-order valence-corrected chi connectivity index (χ0v) is 11.8. The molecular weight excluding hydrogens is 240 g/mol. The van der Waals surface area contributed by atoms with E-state index in [1.54, 1.807) is 0 Å². The smallest absolute Gasteiger partial charge is 0.229 e. The molecule has 0 aliphatic carbocycles. The molecule has 106 valence electrons. The molecule has 2 aliphatic rings. The molecule has 2 saturated heterocycles. The fourth-order valence-electron chi connectivity index (χ4n) is 3.21. The molecule has 1 atom stereocenters. The van der Waals surface area contributed by atoms with Crippen LogP contribution >= 0.6 is 0 Å². The minimum atomic E-state index is 0.471. The van der Waals surface area contributed by atoms with Crippen LogP contribution in [0.3, 0.4) is 0 Å². The van der Waals surface area contributed by atoms with Gasteiger partial charge in [-0.3, -0.25) is 0 Å². The van der Waals surface area contributed by atoms with Gasteiger partial charge in [0.1, 0.15) is 0 Å². The highest BCUT2D eigenvalue weighted by atomic mass is 16.5. The van der Waals surface area contributed by atoms with Crippen molar-refractivity contribution in [1.29, 1.82) is 0 Å². The van der Waals surface area contributed by atoms with Crippen molar-refractivity contribution in [3.63, 3.8) is 0 Å². The first-order valence-electron chi connectivity index (χ1n) is 7.60. The standard InChI is InChI=1S/C14H24N4O/c1-2-18-8-5-11(10-18)9-13-16-14(19-17-13)12-3-6-15-7-4-12/h11-12,15H,2-10H2,1H3. The van der Waals surface area contributed by atoms with Gasteiger partial charge in [-0.1, -0.05) is 12.1 Å².